The Morgan fingerprint density at radius 1 is 1.22 bits per heavy atom. The van der Waals surface area contributed by atoms with Crippen molar-refractivity contribution in [1.29, 1.82) is 0 Å². The average molecular weight is 315 g/mol. The molecule has 0 bridgehead atoms. The Morgan fingerprint density at radius 2 is 1.91 bits per heavy atom. The Kier molecular flexibility index (Phi) is 4.53. The lowest BCUT2D eigenvalue weighted by Gasteiger charge is -2.31. The van der Waals surface area contributed by atoms with Crippen molar-refractivity contribution in [2.45, 2.75) is 65.1 Å². The lowest BCUT2D eigenvalue weighted by molar-refractivity contribution is 0.325. The zero-order chi connectivity index (χ0) is 16.4. The monoisotopic (exact) mass is 315 g/mol. The number of hydrogen-bond donors (Lipinski definition) is 1. The van der Waals surface area contributed by atoms with Crippen LogP contribution in [0.3, 0.4) is 0 Å². The van der Waals surface area contributed by atoms with Gasteiger partial charge in [-0.25, -0.2) is 4.39 Å². The quantitative estimate of drug-likeness (QED) is 0.895. The summed E-state index contributed by atoms with van der Waals surface area (Å²) in [5, 5.41) is 8.28. The van der Waals surface area contributed by atoms with E-state index in [2.05, 4.69) is 31.2 Å². The lowest BCUT2D eigenvalue weighted by Crippen LogP contribution is -2.40. The predicted molar refractivity (Wildman–Crippen MR) is 90.8 cm³/mol. The topological polar surface area (TPSA) is 29.9 Å². The minimum Gasteiger partial charge on any atom is -0.303 e. The van der Waals surface area contributed by atoms with Gasteiger partial charge in [-0.2, -0.15) is 5.10 Å². The summed E-state index contributed by atoms with van der Waals surface area (Å²) in [6.07, 6.45) is 4.28. The molecule has 1 aliphatic carbocycles. The molecule has 0 amide bonds. The Labute approximate surface area is 137 Å². The summed E-state index contributed by atoms with van der Waals surface area (Å²) in [6.45, 7) is 7.90. The van der Waals surface area contributed by atoms with Gasteiger partial charge in [-0.3, -0.25) is 4.68 Å². The maximum atomic E-state index is 14.4. The summed E-state index contributed by atoms with van der Waals surface area (Å²) in [5.41, 5.74) is 4.10. The van der Waals surface area contributed by atoms with E-state index in [4.69, 9.17) is 0 Å². The highest BCUT2D eigenvalue weighted by atomic mass is 19.1. The van der Waals surface area contributed by atoms with Crippen LogP contribution in [-0.2, 0) is 18.6 Å². The zero-order valence-corrected chi connectivity index (χ0v) is 14.3. The summed E-state index contributed by atoms with van der Waals surface area (Å²) in [5.74, 6) is -0.0976. The van der Waals surface area contributed by atoms with Gasteiger partial charge in [-0.15, -0.1) is 0 Å². The SMILES string of the molecule is CCn1nc(C)c(CNC2(c3ccccc3F)CCCC2)c1C. The zero-order valence-electron chi connectivity index (χ0n) is 14.3. The van der Waals surface area contributed by atoms with E-state index in [9.17, 15) is 4.39 Å². The first-order valence-electron chi connectivity index (χ1n) is 8.60. The van der Waals surface area contributed by atoms with Gasteiger partial charge < -0.3 is 5.32 Å². The second kappa shape index (κ2) is 6.44. The van der Waals surface area contributed by atoms with E-state index in [1.807, 2.05) is 16.8 Å². The van der Waals surface area contributed by atoms with E-state index >= 15 is 0 Å². The van der Waals surface area contributed by atoms with Crippen LogP contribution >= 0.6 is 0 Å². The van der Waals surface area contributed by atoms with Crippen LogP contribution in [0.4, 0.5) is 4.39 Å². The first-order valence-corrected chi connectivity index (χ1v) is 8.60. The van der Waals surface area contributed by atoms with Gasteiger partial charge in [0.15, 0.2) is 0 Å². The number of halogens is 1. The first kappa shape index (κ1) is 16.2. The van der Waals surface area contributed by atoms with E-state index in [0.29, 0.717) is 0 Å². The van der Waals surface area contributed by atoms with Crippen LogP contribution in [0, 0.1) is 19.7 Å². The van der Waals surface area contributed by atoms with Crippen molar-refractivity contribution < 1.29 is 4.39 Å². The average Bonchev–Trinajstić information content (AvgIpc) is 3.12. The molecule has 1 saturated carbocycles. The highest BCUT2D eigenvalue weighted by Gasteiger charge is 2.37. The number of hydrogen-bond acceptors (Lipinski definition) is 2. The number of nitrogens with one attached hydrogen (secondary N) is 1. The standard InChI is InChI=1S/C19H26FN3/c1-4-23-15(3)16(14(2)22-23)13-21-19(11-7-8-12-19)17-9-5-6-10-18(17)20/h5-6,9-10,21H,4,7-8,11-13H2,1-3H3. The summed E-state index contributed by atoms with van der Waals surface area (Å²) < 4.78 is 16.4. The normalized spacial score (nSPS) is 16.9. The molecule has 0 unspecified atom stereocenters. The smallest absolute Gasteiger partial charge is 0.128 e. The largest absolute Gasteiger partial charge is 0.303 e. The fourth-order valence-electron chi connectivity index (χ4n) is 3.92. The van der Waals surface area contributed by atoms with E-state index in [0.717, 1.165) is 50.0 Å². The molecule has 0 atom stereocenters. The first-order chi connectivity index (χ1) is 11.1. The summed E-state index contributed by atoms with van der Waals surface area (Å²) in [6, 6.07) is 7.21. The fourth-order valence-corrected chi connectivity index (χ4v) is 3.92. The Bertz CT molecular complexity index is 684. The Balaban J connectivity index is 1.87. The molecule has 1 fully saturated rings. The molecule has 4 heteroatoms. The fraction of sp³-hybridized carbons (Fsp3) is 0.526. The summed E-state index contributed by atoms with van der Waals surface area (Å²) >= 11 is 0. The minimum atomic E-state index is -0.238. The molecule has 1 heterocycles. The molecule has 1 aromatic heterocycles. The molecular weight excluding hydrogens is 289 g/mol. The van der Waals surface area contributed by atoms with Crippen molar-refractivity contribution in [1.82, 2.24) is 15.1 Å². The van der Waals surface area contributed by atoms with E-state index < -0.39 is 0 Å². The van der Waals surface area contributed by atoms with Gasteiger partial charge in [0, 0.05) is 35.4 Å². The number of nitrogens with zero attached hydrogens (tertiary/aromatic N) is 2. The van der Waals surface area contributed by atoms with Crippen molar-refractivity contribution in [2.75, 3.05) is 0 Å². The van der Waals surface area contributed by atoms with Crippen molar-refractivity contribution in [2.24, 2.45) is 0 Å². The minimum absolute atomic E-state index is 0.0976. The van der Waals surface area contributed by atoms with Crippen molar-refractivity contribution in [3.8, 4) is 0 Å². The van der Waals surface area contributed by atoms with Gasteiger partial charge >= 0.3 is 0 Å². The lowest BCUT2D eigenvalue weighted by atomic mass is 9.87. The van der Waals surface area contributed by atoms with Crippen LogP contribution in [0.2, 0.25) is 0 Å². The van der Waals surface area contributed by atoms with Gasteiger partial charge in [0.1, 0.15) is 5.82 Å². The molecule has 23 heavy (non-hydrogen) atoms. The number of aryl methyl sites for hydroxylation is 2. The summed E-state index contributed by atoms with van der Waals surface area (Å²) in [7, 11) is 0. The van der Waals surface area contributed by atoms with Crippen molar-refractivity contribution in [3.05, 3.63) is 52.6 Å². The molecule has 3 rings (SSSR count). The molecular formula is C19H26FN3. The van der Waals surface area contributed by atoms with Crippen LogP contribution in [0.5, 0.6) is 0 Å². The highest BCUT2D eigenvalue weighted by molar-refractivity contribution is 5.29. The van der Waals surface area contributed by atoms with Gasteiger partial charge in [0.05, 0.1) is 5.69 Å². The second-order valence-corrected chi connectivity index (χ2v) is 6.59. The maximum absolute atomic E-state index is 14.4. The van der Waals surface area contributed by atoms with Gasteiger partial charge in [-0.05, 0) is 39.7 Å². The van der Waals surface area contributed by atoms with Gasteiger partial charge in [0.25, 0.3) is 0 Å². The van der Waals surface area contributed by atoms with E-state index in [1.165, 1.54) is 11.3 Å². The van der Waals surface area contributed by atoms with E-state index in [-0.39, 0.29) is 11.4 Å². The summed E-state index contributed by atoms with van der Waals surface area (Å²) in [4.78, 5) is 0. The van der Waals surface area contributed by atoms with Crippen molar-refractivity contribution in [3.63, 3.8) is 0 Å². The van der Waals surface area contributed by atoms with Crippen LogP contribution in [0.15, 0.2) is 24.3 Å². The number of aromatic nitrogens is 2. The Hall–Kier alpha value is -1.68. The molecule has 1 N–H and O–H groups in total. The molecule has 1 aliphatic rings. The van der Waals surface area contributed by atoms with E-state index in [1.54, 1.807) is 12.1 Å². The molecule has 0 spiro atoms. The molecule has 1 aromatic carbocycles. The third-order valence-electron chi connectivity index (χ3n) is 5.28. The van der Waals surface area contributed by atoms with Crippen LogP contribution in [-0.4, -0.2) is 9.78 Å². The molecule has 0 aliphatic heterocycles. The third-order valence-corrected chi connectivity index (χ3v) is 5.28. The molecule has 0 saturated heterocycles. The predicted octanol–water partition coefficient (Wildman–Crippen LogP) is 4.22. The molecule has 124 valence electrons. The molecule has 2 aromatic rings. The highest BCUT2D eigenvalue weighted by Crippen LogP contribution is 2.40. The van der Waals surface area contributed by atoms with Crippen LogP contribution < -0.4 is 5.32 Å². The maximum Gasteiger partial charge on any atom is 0.128 e. The number of rotatable bonds is 5. The Morgan fingerprint density at radius 3 is 2.52 bits per heavy atom. The van der Waals surface area contributed by atoms with Gasteiger partial charge in [-0.1, -0.05) is 31.0 Å². The van der Waals surface area contributed by atoms with Crippen molar-refractivity contribution >= 4 is 0 Å². The molecule has 3 nitrogen and oxygen atoms in total. The second-order valence-electron chi connectivity index (χ2n) is 6.59. The van der Waals surface area contributed by atoms with Crippen LogP contribution in [0.25, 0.3) is 0 Å². The number of benzene rings is 1. The van der Waals surface area contributed by atoms with Crippen LogP contribution in [0.1, 0.15) is 55.1 Å². The third kappa shape index (κ3) is 2.92. The van der Waals surface area contributed by atoms with Gasteiger partial charge in [0.2, 0.25) is 0 Å². The molecule has 0 radical (unpaired) electrons.